The van der Waals surface area contributed by atoms with E-state index in [2.05, 4.69) is 36.6 Å². The lowest BCUT2D eigenvalue weighted by Crippen LogP contribution is -2.27. The van der Waals surface area contributed by atoms with E-state index in [4.69, 9.17) is 4.52 Å². The highest BCUT2D eigenvalue weighted by atomic mass is 16.5. The van der Waals surface area contributed by atoms with E-state index in [0.717, 1.165) is 0 Å². The van der Waals surface area contributed by atoms with Gasteiger partial charge < -0.3 is 15.2 Å². The lowest BCUT2D eigenvalue weighted by molar-refractivity contribution is -0.116. The molecule has 2 amide bonds. The van der Waals surface area contributed by atoms with Crippen LogP contribution in [0.4, 0.5) is 5.82 Å². The monoisotopic (exact) mass is 371 g/mol. The molecular weight excluding hydrogens is 342 g/mol. The Bertz CT molecular complexity index is 793. The minimum Gasteiger partial charge on any atom is -0.359 e. The van der Waals surface area contributed by atoms with E-state index in [9.17, 15) is 9.59 Å². The number of amides is 2. The number of hydrogen-bond donors (Lipinski definition) is 2. The largest absolute Gasteiger partial charge is 0.359 e. The highest BCUT2D eigenvalue weighted by molar-refractivity contribution is 5.95. The molecule has 0 radical (unpaired) electrons. The summed E-state index contributed by atoms with van der Waals surface area (Å²) in [4.78, 5) is 24.2. The Labute approximate surface area is 160 Å². The zero-order valence-electron chi connectivity index (χ0n) is 17.0. The number of aromatic nitrogens is 1. The number of nitrogens with one attached hydrogen (secondary N) is 2. The van der Waals surface area contributed by atoms with Crippen LogP contribution < -0.4 is 10.6 Å². The maximum Gasteiger partial charge on any atom is 0.251 e. The summed E-state index contributed by atoms with van der Waals surface area (Å²) < 4.78 is 5.23. The van der Waals surface area contributed by atoms with Crippen molar-refractivity contribution in [3.63, 3.8) is 0 Å². The van der Waals surface area contributed by atoms with Crippen LogP contribution in [0.1, 0.15) is 69.6 Å². The van der Waals surface area contributed by atoms with Gasteiger partial charge in [0.1, 0.15) is 5.76 Å². The molecule has 0 saturated carbocycles. The number of rotatable bonds is 5. The Balaban J connectivity index is 1.80. The quantitative estimate of drug-likeness (QED) is 0.831. The van der Waals surface area contributed by atoms with Crippen molar-refractivity contribution >= 4 is 17.6 Å². The Morgan fingerprint density at radius 1 is 1.00 bits per heavy atom. The lowest BCUT2D eigenvalue weighted by atomic mass is 9.87. The van der Waals surface area contributed by atoms with Gasteiger partial charge in [-0.15, -0.1) is 0 Å². The fourth-order valence-electron chi connectivity index (χ4n) is 2.41. The van der Waals surface area contributed by atoms with Crippen LogP contribution >= 0.6 is 0 Å². The average Bonchev–Trinajstić information content (AvgIpc) is 3.02. The molecule has 6 nitrogen and oxygen atoms in total. The molecule has 2 rings (SSSR count). The van der Waals surface area contributed by atoms with E-state index >= 15 is 0 Å². The van der Waals surface area contributed by atoms with E-state index in [-0.39, 0.29) is 35.6 Å². The minimum absolute atomic E-state index is 0.0427. The summed E-state index contributed by atoms with van der Waals surface area (Å²) in [6.07, 6.45) is 0.156. The number of hydrogen-bond acceptors (Lipinski definition) is 4. The Hall–Kier alpha value is -2.63. The summed E-state index contributed by atoms with van der Waals surface area (Å²) in [5, 5.41) is 9.28. The predicted octanol–water partition coefficient (Wildman–Crippen LogP) is 4.03. The van der Waals surface area contributed by atoms with Crippen molar-refractivity contribution in [1.29, 1.82) is 0 Å². The second-order valence-corrected chi connectivity index (χ2v) is 8.71. The van der Waals surface area contributed by atoms with Crippen molar-refractivity contribution < 1.29 is 14.1 Å². The van der Waals surface area contributed by atoms with Gasteiger partial charge in [-0.2, -0.15) is 0 Å². The van der Waals surface area contributed by atoms with E-state index in [0.29, 0.717) is 17.1 Å². The third kappa shape index (κ3) is 5.94. The number of carbonyl (C=O) groups is 2. The smallest absolute Gasteiger partial charge is 0.251 e. The zero-order chi connectivity index (χ0) is 20.2. The molecule has 2 aromatic rings. The van der Waals surface area contributed by atoms with Crippen LogP contribution in [-0.2, 0) is 15.6 Å². The number of nitrogens with zero attached hydrogens (tertiary/aromatic N) is 1. The molecule has 1 heterocycles. The van der Waals surface area contributed by atoms with E-state index in [1.807, 2.05) is 32.9 Å². The maximum absolute atomic E-state index is 12.2. The molecule has 0 spiro atoms. The number of carbonyl (C=O) groups excluding carboxylic acids is 2. The fraction of sp³-hybridized carbons (Fsp3) is 0.476. The Kier molecular flexibility index (Phi) is 6.08. The first kappa shape index (κ1) is 20.7. The van der Waals surface area contributed by atoms with E-state index in [1.54, 1.807) is 18.2 Å². The lowest BCUT2D eigenvalue weighted by Gasteiger charge is -2.19. The van der Waals surface area contributed by atoms with Crippen molar-refractivity contribution in [3.8, 4) is 0 Å². The molecule has 6 heteroatoms. The van der Waals surface area contributed by atoms with Crippen molar-refractivity contribution in [1.82, 2.24) is 10.5 Å². The molecule has 27 heavy (non-hydrogen) atoms. The molecule has 0 atom stereocenters. The molecule has 2 N–H and O–H groups in total. The Morgan fingerprint density at radius 2 is 1.63 bits per heavy atom. The number of benzene rings is 1. The van der Waals surface area contributed by atoms with Crippen LogP contribution in [0.5, 0.6) is 0 Å². The van der Waals surface area contributed by atoms with Gasteiger partial charge in [0.05, 0.1) is 0 Å². The van der Waals surface area contributed by atoms with Crippen LogP contribution in [0.3, 0.4) is 0 Å². The van der Waals surface area contributed by atoms with Crippen molar-refractivity contribution in [3.05, 3.63) is 47.2 Å². The van der Waals surface area contributed by atoms with E-state index < -0.39 is 0 Å². The second kappa shape index (κ2) is 7.94. The van der Waals surface area contributed by atoms with Crippen molar-refractivity contribution in [2.45, 2.75) is 58.8 Å². The summed E-state index contributed by atoms with van der Waals surface area (Å²) >= 11 is 0. The predicted molar refractivity (Wildman–Crippen MR) is 106 cm³/mol. The zero-order valence-corrected chi connectivity index (χ0v) is 17.0. The van der Waals surface area contributed by atoms with Gasteiger partial charge in [-0.3, -0.25) is 9.59 Å². The summed E-state index contributed by atoms with van der Waals surface area (Å²) in [6, 6.07) is 9.24. The first-order valence-corrected chi connectivity index (χ1v) is 9.12. The SMILES string of the molecule is CC(C)(C)c1ccc(C(=O)NCCC(=O)Nc2cc(C(C)(C)C)on2)cc1. The number of anilines is 1. The van der Waals surface area contributed by atoms with Crippen LogP contribution in [0.15, 0.2) is 34.9 Å². The van der Waals surface area contributed by atoms with Crippen LogP contribution in [0.2, 0.25) is 0 Å². The fourth-order valence-corrected chi connectivity index (χ4v) is 2.41. The minimum atomic E-state index is -0.230. The van der Waals surface area contributed by atoms with Gasteiger partial charge in [-0.05, 0) is 23.1 Å². The van der Waals surface area contributed by atoms with Crippen molar-refractivity contribution in [2.24, 2.45) is 0 Å². The summed E-state index contributed by atoms with van der Waals surface area (Å²) in [5.41, 5.74) is 1.61. The third-order valence-corrected chi connectivity index (χ3v) is 4.17. The van der Waals surface area contributed by atoms with Gasteiger partial charge in [0.15, 0.2) is 5.82 Å². The molecule has 0 bridgehead atoms. The van der Waals surface area contributed by atoms with Crippen LogP contribution in [-0.4, -0.2) is 23.5 Å². The van der Waals surface area contributed by atoms with Crippen LogP contribution in [0, 0.1) is 0 Å². The maximum atomic E-state index is 12.2. The normalized spacial score (nSPS) is 11.9. The molecule has 146 valence electrons. The summed E-state index contributed by atoms with van der Waals surface area (Å²) in [6.45, 7) is 12.6. The van der Waals surface area contributed by atoms with Gasteiger partial charge in [-0.25, -0.2) is 0 Å². The highest BCUT2D eigenvalue weighted by Gasteiger charge is 2.20. The topological polar surface area (TPSA) is 84.2 Å². The van der Waals surface area contributed by atoms with Crippen LogP contribution in [0.25, 0.3) is 0 Å². The van der Waals surface area contributed by atoms with Gasteiger partial charge >= 0.3 is 0 Å². The third-order valence-electron chi connectivity index (χ3n) is 4.17. The molecule has 0 unspecified atom stereocenters. The van der Waals surface area contributed by atoms with Crippen molar-refractivity contribution in [2.75, 3.05) is 11.9 Å². The standard InChI is InChI=1S/C21H29N3O3/c1-20(2,3)15-9-7-14(8-10-15)19(26)22-12-11-18(25)23-17-13-16(27-24-17)21(4,5)6/h7-10,13H,11-12H2,1-6H3,(H,22,26)(H,23,24,25). The second-order valence-electron chi connectivity index (χ2n) is 8.71. The molecular formula is C21H29N3O3. The molecule has 1 aromatic heterocycles. The van der Waals surface area contributed by atoms with Gasteiger partial charge in [0.2, 0.25) is 5.91 Å². The van der Waals surface area contributed by atoms with E-state index in [1.165, 1.54) is 5.56 Å². The first-order chi connectivity index (χ1) is 12.5. The molecule has 0 aliphatic rings. The first-order valence-electron chi connectivity index (χ1n) is 9.12. The average molecular weight is 371 g/mol. The summed E-state index contributed by atoms with van der Waals surface area (Å²) in [5.74, 6) is 0.658. The molecule has 1 aromatic carbocycles. The van der Waals surface area contributed by atoms with Gasteiger partial charge in [-0.1, -0.05) is 58.8 Å². The molecule has 0 fully saturated rings. The molecule has 0 saturated heterocycles. The molecule has 0 aliphatic heterocycles. The van der Waals surface area contributed by atoms with Gasteiger partial charge in [0, 0.05) is 30.0 Å². The summed E-state index contributed by atoms with van der Waals surface area (Å²) in [7, 11) is 0. The highest BCUT2D eigenvalue weighted by Crippen LogP contribution is 2.24. The molecule has 0 aliphatic carbocycles. The Morgan fingerprint density at radius 3 is 2.15 bits per heavy atom. The van der Waals surface area contributed by atoms with Gasteiger partial charge in [0.25, 0.3) is 5.91 Å².